The van der Waals surface area contributed by atoms with Crippen molar-refractivity contribution in [1.82, 2.24) is 4.90 Å². The minimum absolute atomic E-state index is 0.0179. The molecule has 1 aromatic rings. The Kier molecular flexibility index (Phi) is 2.51. The van der Waals surface area contributed by atoms with Crippen LogP contribution in [0.1, 0.15) is 30.4 Å². The van der Waals surface area contributed by atoms with Crippen LogP contribution in [-0.4, -0.2) is 36.4 Å². The third kappa shape index (κ3) is 1.33. The second kappa shape index (κ2) is 4.18. The first kappa shape index (κ1) is 13.2. The lowest BCUT2D eigenvalue weighted by molar-refractivity contribution is -0.138. The highest BCUT2D eigenvalue weighted by Crippen LogP contribution is 2.61. The lowest BCUT2D eigenvalue weighted by Gasteiger charge is -2.57. The van der Waals surface area contributed by atoms with E-state index in [2.05, 4.69) is 18.0 Å². The maximum atomic E-state index is 12.6. The Balaban J connectivity index is 1.83. The van der Waals surface area contributed by atoms with Crippen LogP contribution in [0.3, 0.4) is 0 Å². The van der Waals surface area contributed by atoms with Gasteiger partial charge < -0.3 is 9.64 Å². The van der Waals surface area contributed by atoms with Crippen LogP contribution in [0.25, 0.3) is 0 Å². The van der Waals surface area contributed by atoms with Crippen LogP contribution in [0.15, 0.2) is 12.1 Å². The number of likely N-dealkylation sites (N-methyl/N-ethyl adjacent to an activating group) is 1. The lowest BCUT2D eigenvalue weighted by Crippen LogP contribution is -2.65. The van der Waals surface area contributed by atoms with Crippen molar-refractivity contribution in [3.05, 3.63) is 23.3 Å². The van der Waals surface area contributed by atoms with Gasteiger partial charge in [-0.15, -0.1) is 0 Å². The average Bonchev–Trinajstić information content (AvgIpc) is 2.88. The van der Waals surface area contributed by atoms with Crippen molar-refractivity contribution in [3.63, 3.8) is 0 Å². The smallest absolute Gasteiger partial charge is 0.196 e. The van der Waals surface area contributed by atoms with Gasteiger partial charge in [0.1, 0.15) is 5.75 Å². The van der Waals surface area contributed by atoms with Crippen LogP contribution in [-0.2, 0) is 21.2 Å². The van der Waals surface area contributed by atoms with E-state index >= 15 is 0 Å². The van der Waals surface area contributed by atoms with Gasteiger partial charge in [-0.3, -0.25) is 9.36 Å². The molecule has 1 saturated carbocycles. The first-order valence-corrected chi connectivity index (χ1v) is 8.87. The maximum absolute atomic E-state index is 12.6. The molecule has 1 saturated heterocycles. The summed E-state index contributed by atoms with van der Waals surface area (Å²) in [5, 5.41) is 0.700. The predicted molar refractivity (Wildman–Crippen MR) is 82.2 cm³/mol. The van der Waals surface area contributed by atoms with Crippen molar-refractivity contribution < 1.29 is 14.1 Å². The first-order chi connectivity index (χ1) is 10.7. The predicted octanol–water partition coefficient (Wildman–Crippen LogP) is 1.84. The molecule has 0 radical (unpaired) electrons. The fourth-order valence-corrected chi connectivity index (χ4v) is 5.98. The van der Waals surface area contributed by atoms with Gasteiger partial charge in [-0.25, -0.2) is 0 Å². The van der Waals surface area contributed by atoms with Crippen LogP contribution in [0, 0.1) is 5.92 Å². The molecule has 1 unspecified atom stereocenters. The van der Waals surface area contributed by atoms with Crippen molar-refractivity contribution in [1.29, 1.82) is 0 Å². The Bertz CT molecular complexity index is 718. The summed E-state index contributed by atoms with van der Waals surface area (Å²) in [4.78, 5) is 15.0. The largest absolute Gasteiger partial charge is 0.480 e. The van der Waals surface area contributed by atoms with Gasteiger partial charge >= 0.3 is 0 Å². The number of hydrogen-bond donors (Lipinski definition) is 0. The van der Waals surface area contributed by atoms with Crippen molar-refractivity contribution in [2.24, 2.45) is 5.92 Å². The normalized spacial score (nSPS) is 38.8. The molecule has 22 heavy (non-hydrogen) atoms. The van der Waals surface area contributed by atoms with E-state index in [1.54, 1.807) is 0 Å². The van der Waals surface area contributed by atoms with Crippen LogP contribution < -0.4 is 10.0 Å². The van der Waals surface area contributed by atoms with Gasteiger partial charge in [-0.05, 0) is 50.4 Å². The second-order valence-corrected chi connectivity index (χ2v) is 7.86. The fraction of sp³-hybridized carbons (Fsp3) is 0.588. The second-order valence-electron chi connectivity index (χ2n) is 7.19. The number of rotatable bonds is 1. The van der Waals surface area contributed by atoms with E-state index in [1.165, 1.54) is 11.1 Å². The van der Waals surface area contributed by atoms with Gasteiger partial charge in [0.2, 0.25) is 0 Å². The number of Topliss-reactive ketones (excluding diaryl/α,β-unsaturated/α-hetero) is 1. The number of benzene rings is 1. The van der Waals surface area contributed by atoms with E-state index in [0.29, 0.717) is 23.7 Å². The van der Waals surface area contributed by atoms with E-state index in [-0.39, 0.29) is 25.8 Å². The lowest BCUT2D eigenvalue weighted by atomic mass is 9.52. The van der Waals surface area contributed by atoms with E-state index in [1.807, 2.05) is 6.07 Å². The van der Waals surface area contributed by atoms with E-state index in [4.69, 9.17) is 4.74 Å². The Labute approximate surface area is 131 Å². The highest BCUT2D eigenvalue weighted by atomic mass is 31.1. The van der Waals surface area contributed by atoms with Crippen molar-refractivity contribution in [2.45, 2.75) is 43.2 Å². The van der Waals surface area contributed by atoms with Crippen molar-refractivity contribution in [2.75, 3.05) is 13.6 Å². The van der Waals surface area contributed by atoms with Crippen molar-refractivity contribution >= 4 is 19.5 Å². The van der Waals surface area contributed by atoms with Crippen LogP contribution in [0.2, 0.25) is 0 Å². The highest BCUT2D eigenvalue weighted by molar-refractivity contribution is 7.34. The molecule has 0 aromatic heterocycles. The monoisotopic (exact) mass is 315 g/mol. The van der Waals surface area contributed by atoms with Gasteiger partial charge in [-0.2, -0.15) is 0 Å². The molecular weight excluding hydrogens is 297 g/mol. The zero-order valence-corrected chi connectivity index (χ0v) is 13.4. The molecule has 5 rings (SSSR count). The molecule has 2 aliphatic carbocycles. The number of piperidine rings is 1. The molecule has 2 bridgehead atoms. The Morgan fingerprint density at radius 2 is 2.27 bits per heavy atom. The topological polar surface area (TPSA) is 46.6 Å². The molecule has 0 N–H and O–H groups in total. The number of hydrogen-bond acceptors (Lipinski definition) is 4. The first-order valence-electron chi connectivity index (χ1n) is 8.06. The van der Waals surface area contributed by atoms with Gasteiger partial charge in [0.25, 0.3) is 0 Å². The van der Waals surface area contributed by atoms with Crippen LogP contribution >= 0.6 is 8.46 Å². The molecule has 114 valence electrons. The average molecular weight is 315 g/mol. The van der Waals surface area contributed by atoms with E-state index in [0.717, 1.165) is 31.6 Å². The summed E-state index contributed by atoms with van der Waals surface area (Å²) in [7, 11) is 2.19. The number of nitrogens with zero attached hydrogens (tertiary/aromatic N) is 1. The summed E-state index contributed by atoms with van der Waals surface area (Å²) < 4.78 is 17.7. The zero-order chi connectivity index (χ0) is 15.1. The van der Waals surface area contributed by atoms with Gasteiger partial charge in [0.15, 0.2) is 20.3 Å². The number of likely N-dealkylation sites (tertiary alicyclic amines) is 1. The molecule has 4 aliphatic rings. The number of carbonyl (C=O) groups excluding carboxylic acids is 1. The van der Waals surface area contributed by atoms with Crippen LogP contribution in [0.5, 0.6) is 5.75 Å². The molecule has 2 aliphatic heterocycles. The van der Waals surface area contributed by atoms with Gasteiger partial charge in [-0.1, -0.05) is 6.07 Å². The molecule has 1 aromatic carbocycles. The molecule has 0 amide bonds. The molecule has 5 heteroatoms. The summed E-state index contributed by atoms with van der Waals surface area (Å²) in [5.41, 5.74) is 2.36. The summed E-state index contributed by atoms with van der Waals surface area (Å²) in [5.74, 6) is 1.47. The van der Waals surface area contributed by atoms with Crippen LogP contribution in [0.4, 0.5) is 0 Å². The number of ether oxygens (including phenoxy) is 1. The third-order valence-electron chi connectivity index (χ3n) is 6.48. The summed E-state index contributed by atoms with van der Waals surface area (Å²) >= 11 is 0. The SMILES string of the molecule is CN1CC[C@]23c4c5ccc(P=O)c4OC2C(=O)CC[C@H]3[C@H]1C5. The molecule has 4 atom stereocenters. The number of ketones is 1. The maximum Gasteiger partial charge on any atom is 0.196 e. The minimum Gasteiger partial charge on any atom is -0.480 e. The fourth-order valence-electron chi connectivity index (χ4n) is 5.59. The van der Waals surface area contributed by atoms with E-state index in [9.17, 15) is 9.36 Å². The van der Waals surface area contributed by atoms with E-state index < -0.39 is 0 Å². The molecule has 4 nitrogen and oxygen atoms in total. The third-order valence-corrected chi connectivity index (χ3v) is 7.03. The summed E-state index contributed by atoms with van der Waals surface area (Å²) in [6.07, 6.45) is 3.23. The summed E-state index contributed by atoms with van der Waals surface area (Å²) in [6, 6.07) is 4.51. The van der Waals surface area contributed by atoms with Gasteiger partial charge in [0, 0.05) is 23.4 Å². The Morgan fingerprint density at radius 3 is 3.09 bits per heavy atom. The van der Waals surface area contributed by atoms with Crippen molar-refractivity contribution in [3.8, 4) is 5.75 Å². The highest BCUT2D eigenvalue weighted by Gasteiger charge is 2.65. The Hall–Kier alpha value is -1.25. The minimum atomic E-state index is -0.348. The zero-order valence-electron chi connectivity index (χ0n) is 12.5. The quantitative estimate of drug-likeness (QED) is 0.742. The molecule has 1 spiro atoms. The molecule has 2 fully saturated rings. The Morgan fingerprint density at radius 1 is 1.41 bits per heavy atom. The summed E-state index contributed by atoms with van der Waals surface area (Å²) in [6.45, 7) is 1.01. The number of carbonyl (C=O) groups is 1. The van der Waals surface area contributed by atoms with Gasteiger partial charge in [0.05, 0.1) is 5.30 Å². The molecular formula is C17H18NO3P. The molecule has 2 heterocycles. The standard InChI is InChI=1S/C17H18NO3P/c1-18-7-6-17-10-3-4-12(19)16(17)21-15-13(22-20)5-2-9(14(15)17)8-11(10)18/h2,5,10-11,16H,3-4,6-8H2,1H3/t10-,11+,16?,17-/m0/s1.